The zero-order valence-electron chi connectivity index (χ0n) is 18.8. The Bertz CT molecular complexity index is 1040. The van der Waals surface area contributed by atoms with Crippen LogP contribution in [0.5, 0.6) is 0 Å². The highest BCUT2D eigenvalue weighted by Crippen LogP contribution is 2.35. The number of anilines is 1. The van der Waals surface area contributed by atoms with Gasteiger partial charge in [-0.3, -0.25) is 4.79 Å². The number of carbonyl (C=O) groups excluding carboxylic acids is 1. The van der Waals surface area contributed by atoms with E-state index in [1.165, 1.54) is 23.7 Å². The zero-order chi connectivity index (χ0) is 25.1. The molecule has 8 nitrogen and oxygen atoms in total. The summed E-state index contributed by atoms with van der Waals surface area (Å²) in [5.74, 6) is 0.348. The molecule has 1 aliphatic heterocycles. The highest BCUT2D eigenvalue weighted by molar-refractivity contribution is 7.22. The summed E-state index contributed by atoms with van der Waals surface area (Å²) in [4.78, 5) is 35.0. The van der Waals surface area contributed by atoms with Gasteiger partial charge in [-0.1, -0.05) is 11.3 Å². The van der Waals surface area contributed by atoms with E-state index in [4.69, 9.17) is 9.90 Å². The Morgan fingerprint density at radius 1 is 1.21 bits per heavy atom. The fourth-order valence-corrected chi connectivity index (χ4v) is 4.14. The molecular formula is C22H26F3N5O3S. The van der Waals surface area contributed by atoms with E-state index < -0.39 is 11.7 Å². The van der Waals surface area contributed by atoms with E-state index in [1.54, 1.807) is 12.4 Å². The van der Waals surface area contributed by atoms with Crippen molar-refractivity contribution in [3.8, 4) is 0 Å². The summed E-state index contributed by atoms with van der Waals surface area (Å²) in [6.45, 7) is 2.46. The first-order valence-electron chi connectivity index (χ1n) is 10.3. The number of benzene rings is 1. The number of thiazole rings is 1. The second kappa shape index (κ2) is 12.9. The van der Waals surface area contributed by atoms with Crippen LogP contribution in [0.15, 0.2) is 36.9 Å². The van der Waals surface area contributed by atoms with E-state index in [9.17, 15) is 18.0 Å². The number of aldehydes is 1. The molecule has 4 rings (SSSR count). The van der Waals surface area contributed by atoms with Crippen molar-refractivity contribution < 1.29 is 27.9 Å². The average Bonchev–Trinajstić information content (AvgIpc) is 3.25. The monoisotopic (exact) mass is 497 g/mol. The largest absolute Gasteiger partial charge is 0.483 e. The quantitative estimate of drug-likeness (QED) is 0.541. The van der Waals surface area contributed by atoms with Gasteiger partial charge in [0.05, 0.1) is 15.8 Å². The molecule has 0 radical (unpaired) electrons. The topological polar surface area (TPSA) is 99.5 Å². The molecule has 184 valence electrons. The van der Waals surface area contributed by atoms with Crippen molar-refractivity contribution in [1.82, 2.24) is 19.9 Å². The third-order valence-electron chi connectivity index (χ3n) is 5.02. The number of aromatic nitrogens is 3. The summed E-state index contributed by atoms with van der Waals surface area (Å²) >= 11 is 1.23. The second-order valence-corrected chi connectivity index (χ2v) is 8.67. The molecule has 34 heavy (non-hydrogen) atoms. The molecule has 3 aromatic rings. The van der Waals surface area contributed by atoms with Crippen LogP contribution in [0.1, 0.15) is 24.0 Å². The first-order chi connectivity index (χ1) is 16.2. The Hall–Kier alpha value is -3.12. The van der Waals surface area contributed by atoms with Crippen LogP contribution >= 0.6 is 11.3 Å². The fourth-order valence-electron chi connectivity index (χ4n) is 3.17. The van der Waals surface area contributed by atoms with Crippen molar-refractivity contribution in [3.63, 3.8) is 0 Å². The van der Waals surface area contributed by atoms with Crippen LogP contribution in [0, 0.1) is 5.92 Å². The minimum Gasteiger partial charge on any atom is -0.483 e. The Morgan fingerprint density at radius 3 is 2.38 bits per heavy atom. The molecule has 0 bridgehead atoms. The Labute approximate surface area is 199 Å². The standard InChI is InChI=1S/C14H11F3N4S.C7H13NO.CH2O2/c1-21(7-9-5-18-8-19-6-9)13-20-11-3-2-10(14(15,16)17)4-12(11)22-13;1-8-4-2-7(6-9)3-5-8;2-1-3/h2-6,8H,7H2,1H3;6-7H,2-5H2,1H3;1H,(H,2,3). The van der Waals surface area contributed by atoms with Crippen molar-refractivity contribution in [2.24, 2.45) is 5.92 Å². The van der Waals surface area contributed by atoms with Crippen LogP contribution in [-0.4, -0.2) is 64.9 Å². The van der Waals surface area contributed by atoms with Crippen molar-refractivity contribution in [1.29, 1.82) is 0 Å². The highest BCUT2D eigenvalue weighted by atomic mass is 32.1. The number of nitrogens with zero attached hydrogens (tertiary/aromatic N) is 5. The van der Waals surface area contributed by atoms with Gasteiger partial charge in [0.1, 0.15) is 12.6 Å². The van der Waals surface area contributed by atoms with Gasteiger partial charge < -0.3 is 19.7 Å². The predicted molar refractivity (Wildman–Crippen MR) is 124 cm³/mol. The smallest absolute Gasteiger partial charge is 0.416 e. The van der Waals surface area contributed by atoms with E-state index >= 15 is 0 Å². The van der Waals surface area contributed by atoms with E-state index in [-0.39, 0.29) is 6.47 Å². The summed E-state index contributed by atoms with van der Waals surface area (Å²) < 4.78 is 38.7. The summed E-state index contributed by atoms with van der Waals surface area (Å²) in [5, 5.41) is 7.54. The van der Waals surface area contributed by atoms with Crippen LogP contribution in [0.25, 0.3) is 10.2 Å². The number of carboxylic acid groups (broad SMARTS) is 1. The Kier molecular flexibility index (Phi) is 10.3. The molecule has 3 heterocycles. The summed E-state index contributed by atoms with van der Waals surface area (Å²) in [6, 6.07) is 3.59. The number of alkyl halides is 3. The van der Waals surface area contributed by atoms with Crippen molar-refractivity contribution in [3.05, 3.63) is 48.0 Å². The molecule has 12 heteroatoms. The fraction of sp³-hybridized carbons (Fsp3) is 0.409. The van der Waals surface area contributed by atoms with Crippen LogP contribution in [-0.2, 0) is 22.3 Å². The van der Waals surface area contributed by atoms with Gasteiger partial charge in [-0.15, -0.1) is 0 Å². The molecule has 1 aromatic carbocycles. The maximum Gasteiger partial charge on any atom is 0.416 e. The van der Waals surface area contributed by atoms with Crippen LogP contribution in [0.2, 0.25) is 0 Å². The van der Waals surface area contributed by atoms with Gasteiger partial charge in [-0.2, -0.15) is 13.2 Å². The van der Waals surface area contributed by atoms with Gasteiger partial charge in [0, 0.05) is 37.5 Å². The summed E-state index contributed by atoms with van der Waals surface area (Å²) in [6.07, 6.45) is 3.69. The minimum absolute atomic E-state index is 0.250. The molecule has 0 spiro atoms. The molecule has 0 amide bonds. The predicted octanol–water partition coefficient (Wildman–Crippen LogP) is 3.97. The van der Waals surface area contributed by atoms with Gasteiger partial charge in [-0.25, -0.2) is 15.0 Å². The molecule has 1 saturated heterocycles. The zero-order valence-corrected chi connectivity index (χ0v) is 19.6. The number of rotatable bonds is 4. The minimum atomic E-state index is -4.34. The van der Waals surface area contributed by atoms with E-state index in [2.05, 4.69) is 26.9 Å². The average molecular weight is 498 g/mol. The third kappa shape index (κ3) is 8.34. The molecule has 1 fully saturated rings. The molecule has 0 atom stereocenters. The molecule has 1 N–H and O–H groups in total. The third-order valence-corrected chi connectivity index (χ3v) is 6.15. The van der Waals surface area contributed by atoms with Crippen molar-refractivity contribution in [2.75, 3.05) is 32.1 Å². The number of piperidine rings is 1. The normalized spacial score (nSPS) is 14.4. The second-order valence-electron chi connectivity index (χ2n) is 7.66. The Balaban J connectivity index is 0.000000283. The summed E-state index contributed by atoms with van der Waals surface area (Å²) in [5.41, 5.74) is 0.804. The first kappa shape index (κ1) is 27.1. The highest BCUT2D eigenvalue weighted by Gasteiger charge is 2.30. The van der Waals surface area contributed by atoms with E-state index in [0.29, 0.717) is 27.8 Å². The lowest BCUT2D eigenvalue weighted by atomic mass is 9.99. The molecule has 0 saturated carbocycles. The maximum atomic E-state index is 12.7. The first-order valence-corrected chi connectivity index (χ1v) is 11.1. The van der Waals surface area contributed by atoms with Gasteiger partial charge >= 0.3 is 6.18 Å². The molecule has 0 aliphatic carbocycles. The number of fused-ring (bicyclic) bond motifs is 1. The molecule has 2 aromatic heterocycles. The van der Waals surface area contributed by atoms with Crippen LogP contribution in [0.4, 0.5) is 18.3 Å². The van der Waals surface area contributed by atoms with Crippen LogP contribution < -0.4 is 4.90 Å². The number of hydrogen-bond donors (Lipinski definition) is 1. The van der Waals surface area contributed by atoms with E-state index in [0.717, 1.165) is 49.9 Å². The van der Waals surface area contributed by atoms with Gasteiger partial charge in [-0.05, 0) is 51.2 Å². The lowest BCUT2D eigenvalue weighted by Gasteiger charge is -2.25. The molecular weight excluding hydrogens is 471 g/mol. The van der Waals surface area contributed by atoms with Crippen LogP contribution in [0.3, 0.4) is 0 Å². The summed E-state index contributed by atoms with van der Waals surface area (Å²) in [7, 11) is 3.93. The lowest BCUT2D eigenvalue weighted by Crippen LogP contribution is -2.30. The van der Waals surface area contributed by atoms with Crippen molar-refractivity contribution >= 4 is 39.4 Å². The lowest BCUT2D eigenvalue weighted by molar-refractivity contribution is -0.137. The molecule has 1 aliphatic rings. The SMILES string of the molecule is CN(Cc1cncnc1)c1nc2ccc(C(F)(F)F)cc2s1.CN1CCC(C=O)CC1.O=CO. The number of halogens is 3. The number of likely N-dealkylation sites (tertiary alicyclic amines) is 1. The Morgan fingerprint density at radius 2 is 1.82 bits per heavy atom. The molecule has 0 unspecified atom stereocenters. The van der Waals surface area contributed by atoms with Gasteiger partial charge in [0.15, 0.2) is 5.13 Å². The number of hydrogen-bond acceptors (Lipinski definition) is 8. The van der Waals surface area contributed by atoms with Gasteiger partial charge in [0.25, 0.3) is 6.47 Å². The van der Waals surface area contributed by atoms with Gasteiger partial charge in [0.2, 0.25) is 0 Å². The van der Waals surface area contributed by atoms with E-state index in [1.807, 2.05) is 11.9 Å². The maximum absolute atomic E-state index is 12.7. The van der Waals surface area contributed by atoms with Crippen molar-refractivity contribution in [2.45, 2.75) is 25.6 Å². The number of carbonyl (C=O) groups is 2.